The summed E-state index contributed by atoms with van der Waals surface area (Å²) in [5, 5.41) is 3.89. The molecule has 1 aliphatic rings. The van der Waals surface area contributed by atoms with Crippen LogP contribution in [-0.2, 0) is 10.5 Å². The standard InChI is InChI=1S/C20H20Cl2N2O2S/c21-16-8-7-14(11-17(16)22)12-27-13-19(25)23-18-6-2-1-5-15(18)20(26)24-9-3-4-10-24/h1-2,5-8,11H,3-4,9-10,12-13H2,(H,23,25). The number of thioether (sulfide) groups is 1. The van der Waals surface area contributed by atoms with Crippen molar-refractivity contribution in [2.45, 2.75) is 18.6 Å². The summed E-state index contributed by atoms with van der Waals surface area (Å²) in [4.78, 5) is 26.8. The number of hydrogen-bond donors (Lipinski definition) is 1. The molecule has 7 heteroatoms. The molecule has 2 amide bonds. The summed E-state index contributed by atoms with van der Waals surface area (Å²) in [6.45, 7) is 1.56. The van der Waals surface area contributed by atoms with Gasteiger partial charge in [0.2, 0.25) is 5.91 Å². The fraction of sp³-hybridized carbons (Fsp3) is 0.300. The average molecular weight is 423 g/mol. The minimum absolute atomic E-state index is 0.0214. The van der Waals surface area contributed by atoms with Crippen molar-refractivity contribution in [3.63, 3.8) is 0 Å². The zero-order valence-corrected chi connectivity index (χ0v) is 17.0. The van der Waals surface area contributed by atoms with Gasteiger partial charge in [-0.15, -0.1) is 11.8 Å². The highest BCUT2D eigenvalue weighted by molar-refractivity contribution is 7.99. The Balaban J connectivity index is 1.56. The van der Waals surface area contributed by atoms with Gasteiger partial charge in [-0.25, -0.2) is 0 Å². The number of likely N-dealkylation sites (tertiary alicyclic amines) is 1. The molecular formula is C20H20Cl2N2O2S. The molecule has 27 heavy (non-hydrogen) atoms. The number of hydrogen-bond acceptors (Lipinski definition) is 3. The number of anilines is 1. The van der Waals surface area contributed by atoms with E-state index in [1.165, 1.54) is 11.8 Å². The maximum absolute atomic E-state index is 12.7. The van der Waals surface area contributed by atoms with Crippen LogP contribution < -0.4 is 5.32 Å². The SMILES string of the molecule is O=C(CSCc1ccc(Cl)c(Cl)c1)Nc1ccccc1C(=O)N1CCCC1. The number of carbonyl (C=O) groups is 2. The van der Waals surface area contributed by atoms with E-state index in [2.05, 4.69) is 5.32 Å². The van der Waals surface area contributed by atoms with Crippen LogP contribution in [0.15, 0.2) is 42.5 Å². The minimum Gasteiger partial charge on any atom is -0.339 e. The van der Waals surface area contributed by atoms with Crippen LogP contribution in [0.3, 0.4) is 0 Å². The Morgan fingerprint density at radius 2 is 1.78 bits per heavy atom. The first-order valence-electron chi connectivity index (χ1n) is 8.74. The molecule has 1 saturated heterocycles. The van der Waals surface area contributed by atoms with Crippen molar-refractivity contribution >= 4 is 52.5 Å². The first-order chi connectivity index (χ1) is 13.0. The van der Waals surface area contributed by atoms with Crippen LogP contribution in [0.25, 0.3) is 0 Å². The lowest BCUT2D eigenvalue weighted by Crippen LogP contribution is -2.29. The molecule has 0 aromatic heterocycles. The smallest absolute Gasteiger partial charge is 0.255 e. The predicted octanol–water partition coefficient (Wildman–Crippen LogP) is 5.10. The molecule has 1 heterocycles. The van der Waals surface area contributed by atoms with Gasteiger partial charge in [0.05, 0.1) is 27.0 Å². The van der Waals surface area contributed by atoms with E-state index in [0.717, 1.165) is 31.5 Å². The summed E-state index contributed by atoms with van der Waals surface area (Å²) in [6, 6.07) is 12.6. The van der Waals surface area contributed by atoms with E-state index < -0.39 is 0 Å². The fourth-order valence-corrected chi connectivity index (χ4v) is 4.04. The number of rotatable bonds is 6. The third kappa shape index (κ3) is 5.41. The molecule has 1 fully saturated rings. The van der Waals surface area contributed by atoms with Gasteiger partial charge >= 0.3 is 0 Å². The Kier molecular flexibility index (Phi) is 7.05. The quantitative estimate of drug-likeness (QED) is 0.703. The van der Waals surface area contributed by atoms with Gasteiger partial charge in [-0.05, 0) is 42.7 Å². The largest absolute Gasteiger partial charge is 0.339 e. The lowest BCUT2D eigenvalue weighted by atomic mass is 10.1. The first kappa shape index (κ1) is 20.1. The zero-order valence-electron chi connectivity index (χ0n) is 14.7. The van der Waals surface area contributed by atoms with E-state index in [1.54, 1.807) is 24.3 Å². The van der Waals surface area contributed by atoms with Gasteiger partial charge in [-0.1, -0.05) is 41.4 Å². The van der Waals surface area contributed by atoms with Gasteiger partial charge in [-0.2, -0.15) is 0 Å². The first-order valence-corrected chi connectivity index (χ1v) is 10.7. The Bertz CT molecular complexity index is 838. The molecule has 142 valence electrons. The number of carbonyl (C=O) groups excluding carboxylic acids is 2. The van der Waals surface area contributed by atoms with Gasteiger partial charge < -0.3 is 10.2 Å². The number of nitrogens with one attached hydrogen (secondary N) is 1. The number of benzene rings is 2. The highest BCUT2D eigenvalue weighted by atomic mass is 35.5. The monoisotopic (exact) mass is 422 g/mol. The molecule has 0 spiro atoms. The van der Waals surface area contributed by atoms with E-state index in [0.29, 0.717) is 27.0 Å². The number of nitrogens with zero attached hydrogens (tertiary/aromatic N) is 1. The van der Waals surface area contributed by atoms with Gasteiger partial charge in [0.15, 0.2) is 0 Å². The molecule has 0 aliphatic carbocycles. The molecule has 0 unspecified atom stereocenters. The number of halogens is 2. The topological polar surface area (TPSA) is 49.4 Å². The van der Waals surface area contributed by atoms with Crippen molar-refractivity contribution in [1.29, 1.82) is 0 Å². The fourth-order valence-electron chi connectivity index (χ4n) is 2.95. The second kappa shape index (κ2) is 9.49. The van der Waals surface area contributed by atoms with Crippen molar-refractivity contribution < 1.29 is 9.59 Å². The van der Waals surface area contributed by atoms with Crippen LogP contribution >= 0.6 is 35.0 Å². The minimum atomic E-state index is -0.137. The van der Waals surface area contributed by atoms with Crippen LogP contribution in [0.4, 0.5) is 5.69 Å². The molecule has 1 aliphatic heterocycles. The Hall–Kier alpha value is -1.69. The molecule has 0 atom stereocenters. The summed E-state index contributed by atoms with van der Waals surface area (Å²) in [5.74, 6) is 0.777. The Morgan fingerprint density at radius 1 is 1.04 bits per heavy atom. The lowest BCUT2D eigenvalue weighted by Gasteiger charge is -2.18. The Labute approximate surface area is 173 Å². The third-order valence-corrected chi connectivity index (χ3v) is 6.05. The van der Waals surface area contributed by atoms with Crippen molar-refractivity contribution in [2.75, 3.05) is 24.2 Å². The summed E-state index contributed by atoms with van der Waals surface area (Å²) < 4.78 is 0. The van der Waals surface area contributed by atoms with E-state index in [4.69, 9.17) is 23.2 Å². The Morgan fingerprint density at radius 3 is 2.52 bits per heavy atom. The van der Waals surface area contributed by atoms with Crippen LogP contribution in [0.1, 0.15) is 28.8 Å². The highest BCUT2D eigenvalue weighted by Crippen LogP contribution is 2.25. The molecule has 0 saturated carbocycles. The van der Waals surface area contributed by atoms with Crippen molar-refractivity contribution in [3.05, 3.63) is 63.6 Å². The summed E-state index contributed by atoms with van der Waals surface area (Å²) in [5.41, 5.74) is 2.11. The van der Waals surface area contributed by atoms with Crippen LogP contribution in [-0.4, -0.2) is 35.6 Å². The zero-order chi connectivity index (χ0) is 19.2. The van der Waals surface area contributed by atoms with E-state index >= 15 is 0 Å². The molecule has 2 aromatic rings. The van der Waals surface area contributed by atoms with Gasteiger partial charge in [0.1, 0.15) is 0 Å². The highest BCUT2D eigenvalue weighted by Gasteiger charge is 2.22. The van der Waals surface area contributed by atoms with Crippen molar-refractivity contribution in [2.24, 2.45) is 0 Å². The second-order valence-electron chi connectivity index (χ2n) is 6.33. The molecule has 1 N–H and O–H groups in total. The summed E-state index contributed by atoms with van der Waals surface area (Å²) in [7, 11) is 0. The maximum atomic E-state index is 12.7. The predicted molar refractivity (Wildman–Crippen MR) is 113 cm³/mol. The van der Waals surface area contributed by atoms with E-state index in [-0.39, 0.29) is 17.6 Å². The maximum Gasteiger partial charge on any atom is 0.255 e. The molecular weight excluding hydrogens is 403 g/mol. The third-order valence-electron chi connectivity index (χ3n) is 4.31. The van der Waals surface area contributed by atoms with Crippen LogP contribution in [0.2, 0.25) is 10.0 Å². The summed E-state index contributed by atoms with van der Waals surface area (Å²) >= 11 is 13.4. The van der Waals surface area contributed by atoms with Crippen LogP contribution in [0, 0.1) is 0 Å². The van der Waals surface area contributed by atoms with Gasteiger partial charge in [0.25, 0.3) is 5.91 Å². The van der Waals surface area contributed by atoms with Crippen molar-refractivity contribution in [1.82, 2.24) is 4.90 Å². The van der Waals surface area contributed by atoms with Crippen molar-refractivity contribution in [3.8, 4) is 0 Å². The van der Waals surface area contributed by atoms with E-state index in [9.17, 15) is 9.59 Å². The number of para-hydroxylation sites is 1. The van der Waals surface area contributed by atoms with Gasteiger partial charge in [0, 0.05) is 18.8 Å². The van der Waals surface area contributed by atoms with Gasteiger partial charge in [-0.3, -0.25) is 9.59 Å². The summed E-state index contributed by atoms with van der Waals surface area (Å²) in [6.07, 6.45) is 2.07. The molecule has 4 nitrogen and oxygen atoms in total. The lowest BCUT2D eigenvalue weighted by molar-refractivity contribution is -0.113. The molecule has 0 bridgehead atoms. The number of amides is 2. The van der Waals surface area contributed by atoms with Crippen LogP contribution in [0.5, 0.6) is 0 Å². The average Bonchev–Trinajstić information content (AvgIpc) is 3.19. The second-order valence-corrected chi connectivity index (χ2v) is 8.13. The molecule has 0 radical (unpaired) electrons. The normalized spacial score (nSPS) is 13.6. The van der Waals surface area contributed by atoms with E-state index in [1.807, 2.05) is 23.1 Å². The molecule has 3 rings (SSSR count). The molecule has 2 aromatic carbocycles.